The molecule has 2 rings (SSSR count). The molecule has 1 aliphatic heterocycles. The average Bonchev–Trinajstić information content (AvgIpc) is 2.67. The Hall–Kier alpha value is -0.860. The highest BCUT2D eigenvalue weighted by atomic mass is 16.3. The second-order valence-corrected chi connectivity index (χ2v) is 4.57. The molecule has 0 radical (unpaired) electrons. The standard InChI is InChI=1S/C13H19NO/c1-9-6-10(2)8-11(7-9)13(15)12-4-3-5-14-12/h6-8,12-15H,3-5H2,1-2H3. The molecule has 0 saturated carbocycles. The summed E-state index contributed by atoms with van der Waals surface area (Å²) in [6, 6.07) is 6.54. The van der Waals surface area contributed by atoms with E-state index >= 15 is 0 Å². The second-order valence-electron chi connectivity index (χ2n) is 4.57. The first-order valence-electron chi connectivity index (χ1n) is 5.66. The normalized spacial score (nSPS) is 23.0. The zero-order valence-corrected chi connectivity index (χ0v) is 9.46. The van der Waals surface area contributed by atoms with Crippen LogP contribution in [-0.2, 0) is 0 Å². The molecule has 2 unspecified atom stereocenters. The van der Waals surface area contributed by atoms with Crippen molar-refractivity contribution in [3.05, 3.63) is 34.9 Å². The van der Waals surface area contributed by atoms with Crippen LogP contribution in [0.15, 0.2) is 18.2 Å². The summed E-state index contributed by atoms with van der Waals surface area (Å²) in [6.07, 6.45) is 1.90. The molecule has 82 valence electrons. The molecule has 1 aromatic rings. The van der Waals surface area contributed by atoms with Gasteiger partial charge >= 0.3 is 0 Å². The van der Waals surface area contributed by atoms with E-state index in [4.69, 9.17) is 0 Å². The molecular formula is C13H19NO. The van der Waals surface area contributed by atoms with E-state index in [1.807, 2.05) is 0 Å². The van der Waals surface area contributed by atoms with Crippen LogP contribution in [0.1, 0.15) is 35.6 Å². The van der Waals surface area contributed by atoms with Gasteiger partial charge in [0.25, 0.3) is 0 Å². The number of aliphatic hydroxyl groups excluding tert-OH is 1. The number of hydrogen-bond donors (Lipinski definition) is 2. The van der Waals surface area contributed by atoms with E-state index in [2.05, 4.69) is 37.4 Å². The van der Waals surface area contributed by atoms with Crippen molar-refractivity contribution < 1.29 is 5.11 Å². The fourth-order valence-corrected chi connectivity index (χ4v) is 2.39. The molecule has 1 aliphatic rings. The Bertz CT molecular complexity index is 322. The molecule has 0 aliphatic carbocycles. The third-order valence-electron chi connectivity index (χ3n) is 3.07. The maximum absolute atomic E-state index is 10.2. The van der Waals surface area contributed by atoms with E-state index in [0.717, 1.165) is 18.5 Å². The van der Waals surface area contributed by atoms with Gasteiger partial charge in [-0.25, -0.2) is 0 Å². The Balaban J connectivity index is 2.20. The number of benzene rings is 1. The van der Waals surface area contributed by atoms with Gasteiger partial charge in [0.1, 0.15) is 0 Å². The van der Waals surface area contributed by atoms with Gasteiger partial charge in [-0.2, -0.15) is 0 Å². The highest BCUT2D eigenvalue weighted by Gasteiger charge is 2.23. The van der Waals surface area contributed by atoms with Crippen LogP contribution in [0.5, 0.6) is 0 Å². The summed E-state index contributed by atoms with van der Waals surface area (Å²) < 4.78 is 0. The number of aryl methyl sites for hydroxylation is 2. The van der Waals surface area contributed by atoms with Gasteiger partial charge in [-0.15, -0.1) is 0 Å². The van der Waals surface area contributed by atoms with Gasteiger partial charge in [0.05, 0.1) is 6.10 Å². The van der Waals surface area contributed by atoms with Gasteiger partial charge in [-0.05, 0) is 38.8 Å². The minimum Gasteiger partial charge on any atom is -0.387 e. The molecule has 0 spiro atoms. The Morgan fingerprint density at radius 1 is 1.27 bits per heavy atom. The molecule has 2 atom stereocenters. The van der Waals surface area contributed by atoms with Crippen molar-refractivity contribution in [1.82, 2.24) is 5.32 Å². The van der Waals surface area contributed by atoms with Gasteiger partial charge < -0.3 is 10.4 Å². The molecule has 1 aromatic carbocycles. The second kappa shape index (κ2) is 4.33. The number of nitrogens with one attached hydrogen (secondary N) is 1. The lowest BCUT2D eigenvalue weighted by molar-refractivity contribution is 0.137. The van der Waals surface area contributed by atoms with Gasteiger partial charge in [-0.3, -0.25) is 0 Å². The maximum atomic E-state index is 10.2. The lowest BCUT2D eigenvalue weighted by Crippen LogP contribution is -2.28. The van der Waals surface area contributed by atoms with Crippen molar-refractivity contribution in [2.24, 2.45) is 0 Å². The van der Waals surface area contributed by atoms with Gasteiger partial charge in [-0.1, -0.05) is 29.3 Å². The van der Waals surface area contributed by atoms with Crippen molar-refractivity contribution in [2.75, 3.05) is 6.54 Å². The summed E-state index contributed by atoms with van der Waals surface area (Å²) >= 11 is 0. The molecule has 0 bridgehead atoms. The van der Waals surface area contributed by atoms with Gasteiger partial charge in [0.15, 0.2) is 0 Å². The molecule has 2 heteroatoms. The fourth-order valence-electron chi connectivity index (χ4n) is 2.39. The van der Waals surface area contributed by atoms with Crippen molar-refractivity contribution in [3.8, 4) is 0 Å². The fraction of sp³-hybridized carbons (Fsp3) is 0.538. The lowest BCUT2D eigenvalue weighted by atomic mass is 9.97. The summed E-state index contributed by atoms with van der Waals surface area (Å²) in [5, 5.41) is 13.6. The Morgan fingerprint density at radius 3 is 2.47 bits per heavy atom. The maximum Gasteiger partial charge on any atom is 0.0943 e. The highest BCUT2D eigenvalue weighted by molar-refractivity contribution is 5.30. The quantitative estimate of drug-likeness (QED) is 0.775. The molecule has 2 nitrogen and oxygen atoms in total. The van der Waals surface area contributed by atoms with Crippen LogP contribution in [0.25, 0.3) is 0 Å². The van der Waals surface area contributed by atoms with Crippen molar-refractivity contribution in [2.45, 2.75) is 38.8 Å². The van der Waals surface area contributed by atoms with Crippen molar-refractivity contribution in [1.29, 1.82) is 0 Å². The van der Waals surface area contributed by atoms with Gasteiger partial charge in [0.2, 0.25) is 0 Å². The van der Waals surface area contributed by atoms with Crippen LogP contribution in [-0.4, -0.2) is 17.7 Å². The molecule has 1 saturated heterocycles. The van der Waals surface area contributed by atoms with E-state index in [1.165, 1.54) is 17.5 Å². The summed E-state index contributed by atoms with van der Waals surface area (Å²) in [5.41, 5.74) is 3.50. The molecular weight excluding hydrogens is 186 g/mol. The van der Waals surface area contributed by atoms with Crippen molar-refractivity contribution >= 4 is 0 Å². The van der Waals surface area contributed by atoms with E-state index in [-0.39, 0.29) is 12.1 Å². The summed E-state index contributed by atoms with van der Waals surface area (Å²) in [6.45, 7) is 5.18. The first-order chi connectivity index (χ1) is 7.16. The third-order valence-corrected chi connectivity index (χ3v) is 3.07. The predicted molar refractivity (Wildman–Crippen MR) is 61.9 cm³/mol. The summed E-state index contributed by atoms with van der Waals surface area (Å²) in [5.74, 6) is 0. The average molecular weight is 205 g/mol. The molecule has 0 amide bonds. The first-order valence-corrected chi connectivity index (χ1v) is 5.66. The Kier molecular flexibility index (Phi) is 3.08. The molecule has 1 heterocycles. The minimum absolute atomic E-state index is 0.242. The van der Waals surface area contributed by atoms with E-state index in [9.17, 15) is 5.11 Å². The van der Waals surface area contributed by atoms with Crippen LogP contribution < -0.4 is 5.32 Å². The summed E-state index contributed by atoms with van der Waals surface area (Å²) in [7, 11) is 0. The molecule has 15 heavy (non-hydrogen) atoms. The predicted octanol–water partition coefficient (Wildman–Crippen LogP) is 2.09. The van der Waals surface area contributed by atoms with Crippen LogP contribution in [0.2, 0.25) is 0 Å². The van der Waals surface area contributed by atoms with E-state index in [1.54, 1.807) is 0 Å². The summed E-state index contributed by atoms with van der Waals surface area (Å²) in [4.78, 5) is 0. The topological polar surface area (TPSA) is 32.3 Å². The Labute approximate surface area is 91.3 Å². The van der Waals surface area contributed by atoms with E-state index < -0.39 is 0 Å². The zero-order chi connectivity index (χ0) is 10.8. The minimum atomic E-state index is -0.355. The molecule has 1 fully saturated rings. The van der Waals surface area contributed by atoms with Crippen molar-refractivity contribution in [3.63, 3.8) is 0 Å². The number of hydrogen-bond acceptors (Lipinski definition) is 2. The third kappa shape index (κ3) is 2.39. The smallest absolute Gasteiger partial charge is 0.0943 e. The number of aliphatic hydroxyl groups is 1. The largest absolute Gasteiger partial charge is 0.387 e. The van der Waals surface area contributed by atoms with Crippen LogP contribution in [0.4, 0.5) is 0 Å². The van der Waals surface area contributed by atoms with E-state index in [0.29, 0.717) is 0 Å². The lowest BCUT2D eigenvalue weighted by Gasteiger charge is -2.19. The van der Waals surface area contributed by atoms with Crippen LogP contribution in [0.3, 0.4) is 0 Å². The van der Waals surface area contributed by atoms with Crippen LogP contribution >= 0.6 is 0 Å². The monoisotopic (exact) mass is 205 g/mol. The van der Waals surface area contributed by atoms with Crippen LogP contribution in [0, 0.1) is 13.8 Å². The number of rotatable bonds is 2. The zero-order valence-electron chi connectivity index (χ0n) is 9.46. The Morgan fingerprint density at radius 2 is 1.93 bits per heavy atom. The molecule has 0 aromatic heterocycles. The van der Waals surface area contributed by atoms with Gasteiger partial charge in [0, 0.05) is 6.04 Å². The SMILES string of the molecule is Cc1cc(C)cc(C(O)C2CCCN2)c1. The molecule has 2 N–H and O–H groups in total. The first kappa shape index (κ1) is 10.7. The highest BCUT2D eigenvalue weighted by Crippen LogP contribution is 2.24.